The molecule has 2 aromatic heterocycles. The topological polar surface area (TPSA) is 73.2 Å². The van der Waals surface area contributed by atoms with E-state index in [2.05, 4.69) is 10.3 Å². The Hall–Kier alpha value is -2.38. The van der Waals surface area contributed by atoms with Crippen LogP contribution in [-0.2, 0) is 17.8 Å². The van der Waals surface area contributed by atoms with Crippen LogP contribution < -0.4 is 15.6 Å². The Bertz CT molecular complexity index is 1040. The normalized spacial score (nSPS) is 10.9. The Morgan fingerprint density at radius 1 is 1.38 bits per heavy atom. The zero-order valence-corrected chi connectivity index (χ0v) is 16.2. The highest BCUT2D eigenvalue weighted by Crippen LogP contribution is 2.27. The highest BCUT2D eigenvalue weighted by molar-refractivity contribution is 7.18. The van der Waals surface area contributed by atoms with Crippen LogP contribution in [0.3, 0.4) is 0 Å². The molecule has 6 nitrogen and oxygen atoms in total. The van der Waals surface area contributed by atoms with Gasteiger partial charge in [0.25, 0.3) is 5.56 Å². The van der Waals surface area contributed by atoms with Crippen molar-refractivity contribution in [1.29, 1.82) is 0 Å². The van der Waals surface area contributed by atoms with Crippen LogP contribution in [0.2, 0.25) is 5.02 Å². The minimum atomic E-state index is -0.330. The lowest BCUT2D eigenvalue weighted by Crippen LogP contribution is -2.29. The van der Waals surface area contributed by atoms with Crippen molar-refractivity contribution in [3.8, 4) is 5.75 Å². The third-order valence-electron chi connectivity index (χ3n) is 3.98. The van der Waals surface area contributed by atoms with Crippen molar-refractivity contribution in [2.75, 3.05) is 12.4 Å². The zero-order valence-electron chi connectivity index (χ0n) is 14.6. The van der Waals surface area contributed by atoms with E-state index in [9.17, 15) is 9.59 Å². The number of hydrogen-bond acceptors (Lipinski definition) is 5. The lowest BCUT2D eigenvalue weighted by Gasteiger charge is -2.11. The number of carbonyl (C=O) groups is 1. The number of carbonyl (C=O) groups excluding carboxylic acids is 1. The van der Waals surface area contributed by atoms with E-state index in [4.69, 9.17) is 16.3 Å². The number of methoxy groups -OCH3 is 1. The molecular formula is C18H18ClN3O3S. The molecule has 136 valence electrons. The molecule has 1 N–H and O–H groups in total. The second-order valence-corrected chi connectivity index (χ2v) is 7.26. The van der Waals surface area contributed by atoms with Crippen LogP contribution in [0.5, 0.6) is 5.75 Å². The van der Waals surface area contributed by atoms with Crippen LogP contribution >= 0.6 is 22.9 Å². The van der Waals surface area contributed by atoms with Gasteiger partial charge in [0.05, 0.1) is 17.5 Å². The van der Waals surface area contributed by atoms with Crippen molar-refractivity contribution < 1.29 is 9.53 Å². The molecule has 0 aliphatic carbocycles. The second kappa shape index (κ2) is 7.47. The van der Waals surface area contributed by atoms with Gasteiger partial charge in [-0.15, -0.1) is 11.3 Å². The molecule has 0 atom stereocenters. The van der Waals surface area contributed by atoms with Gasteiger partial charge in [0.2, 0.25) is 5.91 Å². The molecule has 0 saturated heterocycles. The Kier molecular flexibility index (Phi) is 5.29. The number of anilines is 1. The number of rotatable bonds is 5. The number of nitrogens with one attached hydrogen (secondary N) is 1. The lowest BCUT2D eigenvalue weighted by molar-refractivity contribution is -0.116. The largest absolute Gasteiger partial charge is 0.495 e. The van der Waals surface area contributed by atoms with Crippen LogP contribution in [0.15, 0.2) is 29.1 Å². The summed E-state index contributed by atoms with van der Waals surface area (Å²) in [6.07, 6.45) is 0.845. The zero-order chi connectivity index (χ0) is 18.8. The number of halogens is 1. The fourth-order valence-electron chi connectivity index (χ4n) is 2.62. The molecule has 0 radical (unpaired) electrons. The predicted molar refractivity (Wildman–Crippen MR) is 105 cm³/mol. The molecule has 2 heterocycles. The van der Waals surface area contributed by atoms with Gasteiger partial charge in [-0.2, -0.15) is 0 Å². The first-order valence-electron chi connectivity index (χ1n) is 8.06. The molecular weight excluding hydrogens is 374 g/mol. The SMILES string of the molecule is CCc1cc2c(=O)n(CC(=O)Nc3ccc(OC)c(Cl)c3)c(C)nc2s1. The summed E-state index contributed by atoms with van der Waals surface area (Å²) in [5.74, 6) is 0.703. The first-order chi connectivity index (χ1) is 12.4. The van der Waals surface area contributed by atoms with Gasteiger partial charge in [-0.1, -0.05) is 18.5 Å². The van der Waals surface area contributed by atoms with Crippen molar-refractivity contribution in [3.63, 3.8) is 0 Å². The Balaban J connectivity index is 1.85. The first-order valence-corrected chi connectivity index (χ1v) is 9.25. The Morgan fingerprint density at radius 3 is 2.81 bits per heavy atom. The van der Waals surface area contributed by atoms with Crippen LogP contribution in [0.1, 0.15) is 17.6 Å². The van der Waals surface area contributed by atoms with E-state index < -0.39 is 0 Å². The number of hydrogen-bond donors (Lipinski definition) is 1. The van der Waals surface area contributed by atoms with Crippen LogP contribution in [0.25, 0.3) is 10.2 Å². The second-order valence-electron chi connectivity index (χ2n) is 5.73. The van der Waals surface area contributed by atoms with E-state index >= 15 is 0 Å². The van der Waals surface area contributed by atoms with Crippen molar-refractivity contribution in [1.82, 2.24) is 9.55 Å². The number of aryl methyl sites for hydroxylation is 2. The van der Waals surface area contributed by atoms with E-state index in [1.54, 1.807) is 25.1 Å². The van der Waals surface area contributed by atoms with Gasteiger partial charge in [0.1, 0.15) is 22.9 Å². The molecule has 3 aromatic rings. The summed E-state index contributed by atoms with van der Waals surface area (Å²) in [7, 11) is 1.52. The summed E-state index contributed by atoms with van der Waals surface area (Å²) in [5.41, 5.74) is 0.329. The maximum atomic E-state index is 12.7. The number of thiophene rings is 1. The highest BCUT2D eigenvalue weighted by atomic mass is 35.5. The summed E-state index contributed by atoms with van der Waals surface area (Å²) in [6.45, 7) is 3.64. The summed E-state index contributed by atoms with van der Waals surface area (Å²) in [6, 6.07) is 6.81. The van der Waals surface area contributed by atoms with E-state index in [1.165, 1.54) is 23.0 Å². The number of amides is 1. The van der Waals surface area contributed by atoms with Crippen molar-refractivity contribution in [2.45, 2.75) is 26.8 Å². The standard InChI is InChI=1S/C18H18ClN3O3S/c1-4-12-8-13-17(26-12)20-10(2)22(18(13)24)9-16(23)21-11-5-6-15(25-3)14(19)7-11/h5-8H,4,9H2,1-3H3,(H,21,23). The lowest BCUT2D eigenvalue weighted by atomic mass is 10.3. The minimum absolute atomic E-state index is 0.117. The molecule has 1 aromatic carbocycles. The van der Waals surface area contributed by atoms with Gasteiger partial charge in [0, 0.05) is 10.6 Å². The number of fused-ring (bicyclic) bond motifs is 1. The highest BCUT2D eigenvalue weighted by Gasteiger charge is 2.14. The third kappa shape index (κ3) is 3.59. The quantitative estimate of drug-likeness (QED) is 0.720. The van der Waals surface area contributed by atoms with Crippen LogP contribution in [0.4, 0.5) is 5.69 Å². The van der Waals surface area contributed by atoms with Gasteiger partial charge in [-0.05, 0) is 37.6 Å². The predicted octanol–water partition coefficient (Wildman–Crippen LogP) is 3.63. The Morgan fingerprint density at radius 2 is 2.15 bits per heavy atom. The molecule has 0 aliphatic rings. The van der Waals surface area contributed by atoms with Crippen molar-refractivity contribution in [2.24, 2.45) is 0 Å². The van der Waals surface area contributed by atoms with Gasteiger partial charge < -0.3 is 10.1 Å². The maximum absolute atomic E-state index is 12.7. The summed E-state index contributed by atoms with van der Waals surface area (Å²) in [4.78, 5) is 31.4. The molecule has 0 bridgehead atoms. The summed E-state index contributed by atoms with van der Waals surface area (Å²) < 4.78 is 6.47. The van der Waals surface area contributed by atoms with E-state index in [0.717, 1.165) is 11.3 Å². The number of benzene rings is 1. The number of ether oxygens (including phenoxy) is 1. The molecule has 3 rings (SSSR count). The van der Waals surface area contributed by atoms with Crippen molar-refractivity contribution >= 4 is 44.7 Å². The molecule has 0 fully saturated rings. The molecule has 0 aliphatic heterocycles. The molecule has 26 heavy (non-hydrogen) atoms. The fourth-order valence-corrected chi connectivity index (χ4v) is 3.88. The van der Waals surface area contributed by atoms with E-state index in [0.29, 0.717) is 32.5 Å². The molecule has 0 spiro atoms. The maximum Gasteiger partial charge on any atom is 0.262 e. The Labute approximate surface area is 159 Å². The average molecular weight is 392 g/mol. The van der Waals surface area contributed by atoms with Gasteiger partial charge in [0.15, 0.2) is 0 Å². The average Bonchev–Trinajstić information content (AvgIpc) is 3.02. The number of aromatic nitrogens is 2. The minimum Gasteiger partial charge on any atom is -0.495 e. The monoisotopic (exact) mass is 391 g/mol. The van der Waals surface area contributed by atoms with E-state index in [-0.39, 0.29) is 18.0 Å². The third-order valence-corrected chi connectivity index (χ3v) is 5.45. The van der Waals surface area contributed by atoms with Crippen molar-refractivity contribution in [3.05, 3.63) is 50.3 Å². The van der Waals surface area contributed by atoms with Gasteiger partial charge in [-0.3, -0.25) is 14.2 Å². The molecule has 0 unspecified atom stereocenters. The molecule has 0 saturated carbocycles. The smallest absolute Gasteiger partial charge is 0.262 e. The van der Waals surface area contributed by atoms with Gasteiger partial charge in [-0.25, -0.2) is 4.98 Å². The number of nitrogens with zero attached hydrogens (tertiary/aromatic N) is 2. The first kappa shape index (κ1) is 18.4. The van der Waals surface area contributed by atoms with Crippen LogP contribution in [0, 0.1) is 6.92 Å². The van der Waals surface area contributed by atoms with Gasteiger partial charge >= 0.3 is 0 Å². The fraction of sp³-hybridized carbons (Fsp3) is 0.278. The summed E-state index contributed by atoms with van der Waals surface area (Å²) in [5, 5.41) is 3.69. The van der Waals surface area contributed by atoms with E-state index in [1.807, 2.05) is 13.0 Å². The summed E-state index contributed by atoms with van der Waals surface area (Å²) >= 11 is 7.57. The van der Waals surface area contributed by atoms with Crippen LogP contribution in [-0.4, -0.2) is 22.6 Å². The molecule has 8 heteroatoms. The molecule has 1 amide bonds.